The Morgan fingerprint density at radius 1 is 1.53 bits per heavy atom. The quantitative estimate of drug-likeness (QED) is 0.656. The molecule has 0 bridgehead atoms. The van der Waals surface area contributed by atoms with E-state index in [0.29, 0.717) is 30.4 Å². The van der Waals surface area contributed by atoms with Crippen molar-refractivity contribution in [2.75, 3.05) is 5.32 Å². The van der Waals surface area contributed by atoms with Gasteiger partial charge in [0.1, 0.15) is 5.69 Å². The Kier molecular flexibility index (Phi) is 3.50. The van der Waals surface area contributed by atoms with Gasteiger partial charge in [-0.1, -0.05) is 5.16 Å². The Hall–Kier alpha value is -2.38. The molecule has 0 saturated heterocycles. The van der Waals surface area contributed by atoms with E-state index in [0.717, 1.165) is 5.69 Å². The lowest BCUT2D eigenvalue weighted by atomic mass is 10.3. The number of aryl methyl sites for hydroxylation is 3. The Balaban J connectivity index is 2.25. The minimum Gasteiger partial charge on any atom is -0.359 e. The second kappa shape index (κ2) is 5.09. The molecule has 0 saturated carbocycles. The highest BCUT2D eigenvalue weighted by Gasteiger charge is 2.24. The van der Waals surface area contributed by atoms with Crippen molar-refractivity contribution in [1.82, 2.24) is 14.9 Å². The van der Waals surface area contributed by atoms with Crippen LogP contribution in [0.5, 0.6) is 0 Å². The van der Waals surface area contributed by atoms with Crippen LogP contribution in [0.25, 0.3) is 0 Å². The van der Waals surface area contributed by atoms with Crippen molar-refractivity contribution >= 4 is 11.5 Å². The van der Waals surface area contributed by atoms with Crippen molar-refractivity contribution in [3.8, 4) is 0 Å². The number of rotatable bonds is 5. The van der Waals surface area contributed by atoms with E-state index >= 15 is 0 Å². The van der Waals surface area contributed by atoms with Gasteiger partial charge in [0.05, 0.1) is 17.2 Å². The van der Waals surface area contributed by atoms with E-state index in [1.54, 1.807) is 17.7 Å². The van der Waals surface area contributed by atoms with Crippen LogP contribution in [0.4, 0.5) is 11.5 Å². The van der Waals surface area contributed by atoms with Crippen LogP contribution >= 0.6 is 0 Å². The monoisotopic (exact) mass is 265 g/mol. The van der Waals surface area contributed by atoms with E-state index in [1.165, 1.54) is 0 Å². The van der Waals surface area contributed by atoms with Gasteiger partial charge in [0.15, 0.2) is 5.76 Å². The SMILES string of the molecule is CCn1nc(C)c([N+](=O)[O-])c1NCc1cc(C)no1. The van der Waals surface area contributed by atoms with Gasteiger partial charge in [-0.25, -0.2) is 4.68 Å². The van der Waals surface area contributed by atoms with Crippen LogP contribution < -0.4 is 5.32 Å². The molecule has 0 aliphatic heterocycles. The highest BCUT2D eigenvalue weighted by molar-refractivity contribution is 5.59. The van der Waals surface area contributed by atoms with Crippen molar-refractivity contribution in [1.29, 1.82) is 0 Å². The maximum atomic E-state index is 11.1. The molecule has 0 aliphatic carbocycles. The lowest BCUT2D eigenvalue weighted by molar-refractivity contribution is -0.384. The average Bonchev–Trinajstić information content (AvgIpc) is 2.89. The third kappa shape index (κ3) is 2.56. The summed E-state index contributed by atoms with van der Waals surface area (Å²) in [5.74, 6) is 1.01. The predicted molar refractivity (Wildman–Crippen MR) is 67.9 cm³/mol. The van der Waals surface area contributed by atoms with Gasteiger partial charge in [-0.05, 0) is 20.8 Å². The maximum absolute atomic E-state index is 11.1. The van der Waals surface area contributed by atoms with Gasteiger partial charge in [0.25, 0.3) is 0 Å². The van der Waals surface area contributed by atoms with Crippen molar-refractivity contribution < 1.29 is 9.45 Å². The van der Waals surface area contributed by atoms with Crippen LogP contribution in [-0.2, 0) is 13.1 Å². The van der Waals surface area contributed by atoms with E-state index in [-0.39, 0.29) is 5.69 Å². The van der Waals surface area contributed by atoms with Crippen LogP contribution in [0.2, 0.25) is 0 Å². The molecule has 0 unspecified atom stereocenters. The van der Waals surface area contributed by atoms with Gasteiger partial charge in [0, 0.05) is 12.6 Å². The standard InChI is InChI=1S/C11H15N5O3/c1-4-15-11(10(16(17)18)8(3)13-15)12-6-9-5-7(2)14-19-9/h5,12H,4,6H2,1-3H3. The molecule has 8 nitrogen and oxygen atoms in total. The van der Waals surface area contributed by atoms with Gasteiger partial charge in [0.2, 0.25) is 5.82 Å². The first-order chi connectivity index (χ1) is 9.02. The maximum Gasteiger partial charge on any atom is 0.333 e. The predicted octanol–water partition coefficient (Wildman–Crippen LogP) is 2.03. The highest BCUT2D eigenvalue weighted by atomic mass is 16.6. The molecule has 0 fully saturated rings. The van der Waals surface area contributed by atoms with Gasteiger partial charge < -0.3 is 9.84 Å². The molecule has 0 aliphatic rings. The van der Waals surface area contributed by atoms with Gasteiger partial charge in [-0.2, -0.15) is 5.10 Å². The molecule has 0 aromatic carbocycles. The Labute approximate surface area is 109 Å². The smallest absolute Gasteiger partial charge is 0.333 e. The van der Waals surface area contributed by atoms with E-state index in [2.05, 4.69) is 15.6 Å². The summed E-state index contributed by atoms with van der Waals surface area (Å²) in [5, 5.41) is 22.0. The Bertz CT molecular complexity index is 601. The number of hydrogen-bond donors (Lipinski definition) is 1. The zero-order valence-corrected chi connectivity index (χ0v) is 11.0. The van der Waals surface area contributed by atoms with Crippen LogP contribution in [0.3, 0.4) is 0 Å². The molecule has 0 atom stereocenters. The molecule has 1 N–H and O–H groups in total. The number of nitrogens with one attached hydrogen (secondary N) is 1. The second-order valence-corrected chi connectivity index (χ2v) is 4.14. The van der Waals surface area contributed by atoms with Gasteiger partial charge >= 0.3 is 5.69 Å². The zero-order valence-electron chi connectivity index (χ0n) is 11.0. The van der Waals surface area contributed by atoms with Crippen molar-refractivity contribution in [2.45, 2.75) is 33.9 Å². The van der Waals surface area contributed by atoms with Crippen LogP contribution in [0, 0.1) is 24.0 Å². The largest absolute Gasteiger partial charge is 0.359 e. The summed E-state index contributed by atoms with van der Waals surface area (Å²) < 4.78 is 6.62. The number of aromatic nitrogens is 3. The first kappa shape index (κ1) is 13.1. The molecule has 102 valence electrons. The summed E-state index contributed by atoms with van der Waals surface area (Å²) in [7, 11) is 0. The number of nitro groups is 1. The summed E-state index contributed by atoms with van der Waals surface area (Å²) in [6, 6.07) is 1.78. The molecule has 2 aromatic heterocycles. The summed E-state index contributed by atoms with van der Waals surface area (Å²) in [6.45, 7) is 6.18. The van der Waals surface area contributed by atoms with Crippen LogP contribution in [0.15, 0.2) is 10.6 Å². The molecule has 0 amide bonds. The van der Waals surface area contributed by atoms with Gasteiger partial charge in [-0.3, -0.25) is 10.1 Å². The molecular weight excluding hydrogens is 250 g/mol. The first-order valence-electron chi connectivity index (χ1n) is 5.90. The molecule has 19 heavy (non-hydrogen) atoms. The summed E-state index contributed by atoms with van der Waals surface area (Å²) >= 11 is 0. The fourth-order valence-corrected chi connectivity index (χ4v) is 1.86. The van der Waals surface area contributed by atoms with Crippen molar-refractivity contribution in [2.24, 2.45) is 0 Å². The Morgan fingerprint density at radius 2 is 2.26 bits per heavy atom. The number of hydrogen-bond acceptors (Lipinski definition) is 6. The summed E-state index contributed by atoms with van der Waals surface area (Å²) in [6.07, 6.45) is 0. The zero-order chi connectivity index (χ0) is 14.0. The van der Waals surface area contributed by atoms with E-state index < -0.39 is 4.92 Å². The van der Waals surface area contributed by atoms with Crippen LogP contribution in [-0.4, -0.2) is 19.9 Å². The lowest BCUT2D eigenvalue weighted by Gasteiger charge is -2.05. The average molecular weight is 265 g/mol. The minimum absolute atomic E-state index is 0.00177. The summed E-state index contributed by atoms with van der Waals surface area (Å²) in [5.41, 5.74) is 1.16. The van der Waals surface area contributed by atoms with Crippen molar-refractivity contribution in [3.05, 3.63) is 33.3 Å². The number of anilines is 1. The molecule has 0 spiro atoms. The highest BCUT2D eigenvalue weighted by Crippen LogP contribution is 2.28. The number of nitrogens with zero attached hydrogens (tertiary/aromatic N) is 4. The molecule has 2 heterocycles. The van der Waals surface area contributed by atoms with E-state index in [4.69, 9.17) is 4.52 Å². The fourth-order valence-electron chi connectivity index (χ4n) is 1.86. The normalized spacial score (nSPS) is 10.7. The molecule has 2 rings (SSSR count). The van der Waals surface area contributed by atoms with Gasteiger partial charge in [-0.15, -0.1) is 0 Å². The summed E-state index contributed by atoms with van der Waals surface area (Å²) in [4.78, 5) is 10.6. The second-order valence-electron chi connectivity index (χ2n) is 4.14. The molecule has 8 heteroatoms. The van der Waals surface area contributed by atoms with Crippen LogP contribution in [0.1, 0.15) is 24.1 Å². The molecule has 0 radical (unpaired) electrons. The minimum atomic E-state index is -0.428. The Morgan fingerprint density at radius 3 is 2.79 bits per heavy atom. The molecule has 2 aromatic rings. The van der Waals surface area contributed by atoms with E-state index in [1.807, 2.05) is 13.8 Å². The third-order valence-corrected chi connectivity index (χ3v) is 2.68. The molecular formula is C11H15N5O3. The fraction of sp³-hybridized carbons (Fsp3) is 0.455. The lowest BCUT2D eigenvalue weighted by Crippen LogP contribution is -2.07. The topological polar surface area (TPSA) is 99.0 Å². The van der Waals surface area contributed by atoms with E-state index in [9.17, 15) is 10.1 Å². The first-order valence-corrected chi connectivity index (χ1v) is 5.90. The third-order valence-electron chi connectivity index (χ3n) is 2.68. The van der Waals surface area contributed by atoms with Crippen molar-refractivity contribution in [3.63, 3.8) is 0 Å².